The van der Waals surface area contributed by atoms with E-state index in [0.29, 0.717) is 17.3 Å². The van der Waals surface area contributed by atoms with Crippen LogP contribution in [0.3, 0.4) is 0 Å². The topological polar surface area (TPSA) is 29.9 Å². The lowest BCUT2D eigenvalue weighted by Gasteiger charge is -2.10. The fourth-order valence-electron chi connectivity index (χ4n) is 1.85. The highest BCUT2D eigenvalue weighted by atomic mass is 79.9. The van der Waals surface area contributed by atoms with Gasteiger partial charge in [-0.3, -0.25) is 4.68 Å². The van der Waals surface area contributed by atoms with Gasteiger partial charge in [-0.05, 0) is 48.0 Å². The zero-order valence-corrected chi connectivity index (χ0v) is 13.0. The van der Waals surface area contributed by atoms with E-state index >= 15 is 0 Å². The Morgan fingerprint density at radius 3 is 2.89 bits per heavy atom. The molecule has 0 amide bonds. The molecule has 0 unspecified atom stereocenters. The number of aryl methyl sites for hydroxylation is 2. The molecule has 0 fully saturated rings. The normalized spacial score (nSPS) is 10.8. The molecular weight excluding hydrogens is 333 g/mol. The van der Waals surface area contributed by atoms with E-state index in [1.807, 2.05) is 18.5 Å². The van der Waals surface area contributed by atoms with E-state index in [1.54, 1.807) is 6.07 Å². The summed E-state index contributed by atoms with van der Waals surface area (Å²) in [5.41, 5.74) is 2.40. The summed E-state index contributed by atoms with van der Waals surface area (Å²) in [6.45, 7) is 5.12. The Bertz CT molecular complexity index is 598. The zero-order chi connectivity index (χ0) is 14.0. The molecule has 19 heavy (non-hydrogen) atoms. The molecule has 0 aliphatic heterocycles. The maximum Gasteiger partial charge on any atom is 0.125 e. The third-order valence-corrected chi connectivity index (χ3v) is 4.01. The summed E-state index contributed by atoms with van der Waals surface area (Å²) < 4.78 is 15.9. The van der Waals surface area contributed by atoms with Gasteiger partial charge in [0.1, 0.15) is 5.82 Å². The molecule has 0 saturated carbocycles. The van der Waals surface area contributed by atoms with Crippen molar-refractivity contribution in [2.45, 2.75) is 26.9 Å². The van der Waals surface area contributed by atoms with Crippen molar-refractivity contribution in [3.63, 3.8) is 0 Å². The fourth-order valence-corrected chi connectivity index (χ4v) is 2.44. The quantitative estimate of drug-likeness (QED) is 0.890. The average Bonchev–Trinajstić information content (AvgIpc) is 2.66. The maximum absolute atomic E-state index is 13.2. The molecule has 0 aliphatic rings. The Balaban J connectivity index is 2.21. The van der Waals surface area contributed by atoms with E-state index < -0.39 is 0 Å². The summed E-state index contributed by atoms with van der Waals surface area (Å²) >= 11 is 9.60. The zero-order valence-electron chi connectivity index (χ0n) is 10.7. The lowest BCUT2D eigenvalue weighted by Crippen LogP contribution is -2.08. The number of anilines is 1. The second-order valence-corrected chi connectivity index (χ2v) is 5.37. The minimum Gasteiger partial charge on any atom is -0.378 e. The highest BCUT2D eigenvalue weighted by Crippen LogP contribution is 2.26. The van der Waals surface area contributed by atoms with Crippen molar-refractivity contribution in [3.8, 4) is 0 Å². The van der Waals surface area contributed by atoms with Gasteiger partial charge in [0.25, 0.3) is 0 Å². The number of hydrogen-bond acceptors (Lipinski definition) is 2. The van der Waals surface area contributed by atoms with Crippen molar-refractivity contribution in [1.29, 1.82) is 0 Å². The van der Waals surface area contributed by atoms with Crippen LogP contribution in [0.5, 0.6) is 0 Å². The van der Waals surface area contributed by atoms with Crippen LogP contribution in [0.2, 0.25) is 5.02 Å². The van der Waals surface area contributed by atoms with Crippen LogP contribution < -0.4 is 5.32 Å². The van der Waals surface area contributed by atoms with Crippen LogP contribution in [0.1, 0.15) is 18.3 Å². The molecule has 2 rings (SSSR count). The van der Waals surface area contributed by atoms with Gasteiger partial charge in [0.15, 0.2) is 0 Å². The van der Waals surface area contributed by atoms with Crippen molar-refractivity contribution in [3.05, 3.63) is 44.9 Å². The van der Waals surface area contributed by atoms with Crippen LogP contribution in [-0.4, -0.2) is 9.78 Å². The molecule has 6 heteroatoms. The van der Waals surface area contributed by atoms with E-state index in [-0.39, 0.29) is 5.82 Å². The van der Waals surface area contributed by atoms with E-state index in [9.17, 15) is 4.39 Å². The summed E-state index contributed by atoms with van der Waals surface area (Å²) in [5, 5.41) is 8.16. The second kappa shape index (κ2) is 5.92. The molecule has 0 aliphatic carbocycles. The van der Waals surface area contributed by atoms with Crippen LogP contribution in [0.4, 0.5) is 10.1 Å². The Morgan fingerprint density at radius 2 is 2.21 bits per heavy atom. The van der Waals surface area contributed by atoms with Gasteiger partial charge in [0.2, 0.25) is 0 Å². The first kappa shape index (κ1) is 14.3. The van der Waals surface area contributed by atoms with Crippen molar-refractivity contribution < 1.29 is 4.39 Å². The number of rotatable bonds is 4. The van der Waals surface area contributed by atoms with Crippen LogP contribution in [0.25, 0.3) is 0 Å². The monoisotopic (exact) mass is 345 g/mol. The minimum absolute atomic E-state index is 0.281. The predicted molar refractivity (Wildman–Crippen MR) is 79.1 cm³/mol. The van der Waals surface area contributed by atoms with Crippen LogP contribution in [0, 0.1) is 12.7 Å². The number of benzene rings is 1. The number of hydrogen-bond donors (Lipinski definition) is 1. The SMILES string of the molecule is CCn1nc(C)c(Cl)c1CNc1cc(F)ccc1Br. The Kier molecular flexibility index (Phi) is 4.47. The lowest BCUT2D eigenvalue weighted by atomic mass is 10.3. The van der Waals surface area contributed by atoms with Gasteiger partial charge >= 0.3 is 0 Å². The Labute approximate surface area is 124 Å². The van der Waals surface area contributed by atoms with E-state index in [2.05, 4.69) is 26.3 Å². The second-order valence-electron chi connectivity index (χ2n) is 4.14. The van der Waals surface area contributed by atoms with Gasteiger partial charge in [0, 0.05) is 11.0 Å². The molecule has 1 aromatic carbocycles. The van der Waals surface area contributed by atoms with Gasteiger partial charge in [-0.15, -0.1) is 0 Å². The summed E-state index contributed by atoms with van der Waals surface area (Å²) in [6, 6.07) is 4.52. The third-order valence-electron chi connectivity index (χ3n) is 2.83. The van der Waals surface area contributed by atoms with Gasteiger partial charge in [0.05, 0.1) is 28.6 Å². The number of nitrogens with zero attached hydrogens (tertiary/aromatic N) is 2. The number of aromatic nitrogens is 2. The lowest BCUT2D eigenvalue weighted by molar-refractivity contribution is 0.621. The molecule has 3 nitrogen and oxygen atoms in total. The third kappa shape index (κ3) is 3.09. The smallest absolute Gasteiger partial charge is 0.125 e. The molecule has 0 radical (unpaired) electrons. The summed E-state index contributed by atoms with van der Waals surface area (Å²) in [5.74, 6) is -0.281. The van der Waals surface area contributed by atoms with Crippen LogP contribution in [0.15, 0.2) is 22.7 Å². The van der Waals surface area contributed by atoms with Crippen LogP contribution in [-0.2, 0) is 13.1 Å². The highest BCUT2D eigenvalue weighted by Gasteiger charge is 2.12. The minimum atomic E-state index is -0.281. The summed E-state index contributed by atoms with van der Waals surface area (Å²) in [4.78, 5) is 0. The molecule has 1 heterocycles. The molecular formula is C13H14BrClFN3. The van der Waals surface area contributed by atoms with Gasteiger partial charge in [-0.1, -0.05) is 11.6 Å². The largest absolute Gasteiger partial charge is 0.378 e. The first-order chi connectivity index (χ1) is 9.02. The van der Waals surface area contributed by atoms with Crippen molar-refractivity contribution in [2.24, 2.45) is 0 Å². The van der Waals surface area contributed by atoms with Gasteiger partial charge < -0.3 is 5.32 Å². The predicted octanol–water partition coefficient (Wildman–Crippen LogP) is 4.38. The molecule has 2 aromatic rings. The first-order valence-corrected chi connectivity index (χ1v) is 7.10. The van der Waals surface area contributed by atoms with Crippen molar-refractivity contribution in [1.82, 2.24) is 9.78 Å². The summed E-state index contributed by atoms with van der Waals surface area (Å²) in [7, 11) is 0. The molecule has 0 saturated heterocycles. The highest BCUT2D eigenvalue weighted by molar-refractivity contribution is 9.10. The van der Waals surface area contributed by atoms with Gasteiger partial charge in [-0.25, -0.2) is 4.39 Å². The van der Waals surface area contributed by atoms with Crippen LogP contribution >= 0.6 is 27.5 Å². The molecule has 102 valence electrons. The van der Waals surface area contributed by atoms with E-state index in [1.165, 1.54) is 12.1 Å². The fraction of sp³-hybridized carbons (Fsp3) is 0.308. The Morgan fingerprint density at radius 1 is 1.47 bits per heavy atom. The van der Waals surface area contributed by atoms with Crippen molar-refractivity contribution >= 4 is 33.2 Å². The number of nitrogens with one attached hydrogen (secondary N) is 1. The summed E-state index contributed by atoms with van der Waals surface area (Å²) in [6.07, 6.45) is 0. The van der Waals surface area contributed by atoms with Gasteiger partial charge in [-0.2, -0.15) is 5.10 Å². The maximum atomic E-state index is 13.2. The van der Waals surface area contributed by atoms with E-state index in [4.69, 9.17) is 11.6 Å². The van der Waals surface area contributed by atoms with Crippen molar-refractivity contribution in [2.75, 3.05) is 5.32 Å². The molecule has 0 bridgehead atoms. The molecule has 0 spiro atoms. The standard InChI is InChI=1S/C13H14BrClFN3/c1-3-19-12(13(15)8(2)18-19)7-17-11-6-9(16)4-5-10(11)14/h4-6,17H,3,7H2,1-2H3. The molecule has 0 atom stereocenters. The first-order valence-electron chi connectivity index (χ1n) is 5.93. The van der Waals surface area contributed by atoms with E-state index in [0.717, 1.165) is 22.4 Å². The average molecular weight is 347 g/mol. The Hall–Kier alpha value is -1.07. The molecule has 1 aromatic heterocycles. The molecule has 1 N–H and O–H groups in total. The number of halogens is 3.